The number of hydrogen-bond donors (Lipinski definition) is 2. The highest BCUT2D eigenvalue weighted by molar-refractivity contribution is 5.92. The average Bonchev–Trinajstić information content (AvgIpc) is 2.46. The summed E-state index contributed by atoms with van der Waals surface area (Å²) in [6, 6.07) is 8.99. The molecule has 1 heterocycles. The maximum absolute atomic E-state index is 12.0. The van der Waals surface area contributed by atoms with Crippen molar-refractivity contribution in [1.82, 2.24) is 9.88 Å². The van der Waals surface area contributed by atoms with Crippen LogP contribution in [0, 0.1) is 0 Å². The van der Waals surface area contributed by atoms with Gasteiger partial charge in [0.15, 0.2) is 0 Å². The van der Waals surface area contributed by atoms with Gasteiger partial charge in [-0.15, -0.1) is 0 Å². The summed E-state index contributed by atoms with van der Waals surface area (Å²) >= 11 is 0. The van der Waals surface area contributed by atoms with Crippen molar-refractivity contribution < 1.29 is 14.7 Å². The first-order chi connectivity index (χ1) is 10.1. The molecule has 0 bridgehead atoms. The number of anilines is 1. The van der Waals surface area contributed by atoms with Gasteiger partial charge in [-0.1, -0.05) is 6.07 Å². The fourth-order valence-corrected chi connectivity index (χ4v) is 1.94. The third-order valence-corrected chi connectivity index (χ3v) is 3.09. The molecule has 0 spiro atoms. The van der Waals surface area contributed by atoms with Crippen molar-refractivity contribution in [3.8, 4) is 0 Å². The second-order valence-corrected chi connectivity index (χ2v) is 4.76. The molecular formula is C15H17N3O3. The van der Waals surface area contributed by atoms with Crippen molar-refractivity contribution in [3.05, 3.63) is 36.5 Å². The van der Waals surface area contributed by atoms with Gasteiger partial charge in [-0.05, 0) is 30.7 Å². The summed E-state index contributed by atoms with van der Waals surface area (Å²) in [4.78, 5) is 28.1. The summed E-state index contributed by atoms with van der Waals surface area (Å²) in [7, 11) is 1.64. The number of carboxylic acid groups (broad SMARTS) is 1. The van der Waals surface area contributed by atoms with E-state index in [1.54, 1.807) is 19.3 Å². The lowest BCUT2D eigenvalue weighted by Crippen LogP contribution is -2.32. The molecule has 0 radical (unpaired) electrons. The van der Waals surface area contributed by atoms with Crippen LogP contribution in [0.25, 0.3) is 10.9 Å². The highest BCUT2D eigenvalue weighted by Gasteiger charge is 2.09. The van der Waals surface area contributed by atoms with E-state index in [1.165, 1.54) is 4.90 Å². The summed E-state index contributed by atoms with van der Waals surface area (Å²) in [5.41, 5.74) is 1.55. The zero-order chi connectivity index (χ0) is 15.2. The van der Waals surface area contributed by atoms with Crippen LogP contribution in [0.3, 0.4) is 0 Å². The van der Waals surface area contributed by atoms with E-state index in [1.807, 2.05) is 24.3 Å². The van der Waals surface area contributed by atoms with Crippen molar-refractivity contribution in [2.24, 2.45) is 0 Å². The first-order valence-electron chi connectivity index (χ1n) is 6.65. The number of urea groups is 1. The van der Waals surface area contributed by atoms with Crippen LogP contribution in [0.1, 0.15) is 12.8 Å². The summed E-state index contributed by atoms with van der Waals surface area (Å²) in [6.07, 6.45) is 2.21. The van der Waals surface area contributed by atoms with Crippen molar-refractivity contribution in [3.63, 3.8) is 0 Å². The van der Waals surface area contributed by atoms with Crippen LogP contribution in [0.2, 0.25) is 0 Å². The fourth-order valence-electron chi connectivity index (χ4n) is 1.94. The molecular weight excluding hydrogens is 270 g/mol. The number of aliphatic carboxylic acids is 1. The van der Waals surface area contributed by atoms with Crippen molar-refractivity contribution in [2.75, 3.05) is 18.9 Å². The van der Waals surface area contributed by atoms with E-state index >= 15 is 0 Å². The van der Waals surface area contributed by atoms with Crippen LogP contribution >= 0.6 is 0 Å². The number of carboxylic acids is 1. The zero-order valence-electron chi connectivity index (χ0n) is 11.7. The van der Waals surface area contributed by atoms with Crippen LogP contribution in [-0.2, 0) is 4.79 Å². The van der Waals surface area contributed by atoms with Crippen LogP contribution in [0.5, 0.6) is 0 Å². The molecule has 2 aromatic rings. The molecule has 6 heteroatoms. The second kappa shape index (κ2) is 6.69. The SMILES string of the molecule is CN(CCCC(=O)O)C(=O)Nc1ccc2ncccc2c1. The molecule has 2 rings (SSSR count). The Labute approximate surface area is 122 Å². The van der Waals surface area contributed by atoms with Gasteiger partial charge in [0, 0.05) is 37.3 Å². The predicted molar refractivity (Wildman–Crippen MR) is 80.3 cm³/mol. The number of hydrogen-bond acceptors (Lipinski definition) is 3. The highest BCUT2D eigenvalue weighted by Crippen LogP contribution is 2.17. The van der Waals surface area contributed by atoms with Gasteiger partial charge in [0.2, 0.25) is 0 Å². The number of rotatable bonds is 5. The molecule has 0 aliphatic rings. The van der Waals surface area contributed by atoms with E-state index in [4.69, 9.17) is 5.11 Å². The van der Waals surface area contributed by atoms with Crippen LogP contribution < -0.4 is 5.32 Å². The number of amides is 2. The maximum Gasteiger partial charge on any atom is 0.321 e. The Morgan fingerprint density at radius 3 is 2.90 bits per heavy atom. The van der Waals surface area contributed by atoms with Crippen molar-refractivity contribution >= 4 is 28.6 Å². The van der Waals surface area contributed by atoms with Gasteiger partial charge in [-0.3, -0.25) is 9.78 Å². The lowest BCUT2D eigenvalue weighted by molar-refractivity contribution is -0.137. The number of nitrogens with zero attached hydrogens (tertiary/aromatic N) is 2. The van der Waals surface area contributed by atoms with E-state index in [0.717, 1.165) is 10.9 Å². The smallest absolute Gasteiger partial charge is 0.321 e. The number of carbonyl (C=O) groups excluding carboxylic acids is 1. The van der Waals surface area contributed by atoms with E-state index in [-0.39, 0.29) is 12.5 Å². The standard InChI is InChI=1S/C15H17N3O3/c1-18(9-3-5-14(19)20)15(21)17-12-6-7-13-11(10-12)4-2-8-16-13/h2,4,6-8,10H,3,5,9H2,1H3,(H,17,21)(H,19,20). The number of nitrogens with one attached hydrogen (secondary N) is 1. The maximum atomic E-state index is 12.0. The molecule has 0 unspecified atom stereocenters. The Morgan fingerprint density at radius 2 is 2.14 bits per heavy atom. The average molecular weight is 287 g/mol. The topological polar surface area (TPSA) is 82.5 Å². The number of aromatic nitrogens is 1. The van der Waals surface area contributed by atoms with E-state index in [0.29, 0.717) is 18.7 Å². The van der Waals surface area contributed by atoms with Crippen LogP contribution in [0.15, 0.2) is 36.5 Å². The fraction of sp³-hybridized carbons (Fsp3) is 0.267. The lowest BCUT2D eigenvalue weighted by Gasteiger charge is -2.17. The summed E-state index contributed by atoms with van der Waals surface area (Å²) in [6.45, 7) is 0.396. The molecule has 1 aromatic carbocycles. The zero-order valence-corrected chi connectivity index (χ0v) is 11.7. The minimum Gasteiger partial charge on any atom is -0.481 e. The van der Waals surface area contributed by atoms with Crippen molar-refractivity contribution in [1.29, 1.82) is 0 Å². The molecule has 0 aliphatic heterocycles. The molecule has 0 saturated carbocycles. The Hall–Kier alpha value is -2.63. The Kier molecular flexibility index (Phi) is 4.71. The Bertz CT molecular complexity index is 657. The molecule has 2 amide bonds. The minimum absolute atomic E-state index is 0.0548. The third-order valence-electron chi connectivity index (χ3n) is 3.09. The largest absolute Gasteiger partial charge is 0.481 e. The number of pyridine rings is 1. The molecule has 0 fully saturated rings. The summed E-state index contributed by atoms with van der Waals surface area (Å²) < 4.78 is 0. The molecule has 0 saturated heterocycles. The summed E-state index contributed by atoms with van der Waals surface area (Å²) in [5, 5.41) is 12.3. The molecule has 2 N–H and O–H groups in total. The lowest BCUT2D eigenvalue weighted by atomic mass is 10.2. The Balaban J connectivity index is 1.95. The molecule has 110 valence electrons. The van der Waals surface area contributed by atoms with Gasteiger partial charge in [0.25, 0.3) is 0 Å². The van der Waals surface area contributed by atoms with E-state index in [2.05, 4.69) is 10.3 Å². The molecule has 0 aliphatic carbocycles. The number of fused-ring (bicyclic) bond motifs is 1. The number of carbonyl (C=O) groups is 2. The van der Waals surface area contributed by atoms with Gasteiger partial charge in [0.05, 0.1) is 5.52 Å². The third kappa shape index (κ3) is 4.17. The normalized spacial score (nSPS) is 10.3. The van der Waals surface area contributed by atoms with Crippen LogP contribution in [-0.4, -0.2) is 40.6 Å². The minimum atomic E-state index is -0.856. The van der Waals surface area contributed by atoms with Gasteiger partial charge in [0.1, 0.15) is 0 Å². The van der Waals surface area contributed by atoms with Gasteiger partial charge < -0.3 is 15.3 Å². The van der Waals surface area contributed by atoms with Gasteiger partial charge in [-0.25, -0.2) is 4.79 Å². The van der Waals surface area contributed by atoms with Gasteiger partial charge >= 0.3 is 12.0 Å². The molecule has 6 nitrogen and oxygen atoms in total. The first kappa shape index (κ1) is 14.8. The van der Waals surface area contributed by atoms with Crippen molar-refractivity contribution in [2.45, 2.75) is 12.8 Å². The summed E-state index contributed by atoms with van der Waals surface area (Å²) in [5.74, 6) is -0.856. The van der Waals surface area contributed by atoms with E-state index in [9.17, 15) is 9.59 Å². The molecule has 21 heavy (non-hydrogen) atoms. The number of benzene rings is 1. The highest BCUT2D eigenvalue weighted by atomic mass is 16.4. The Morgan fingerprint density at radius 1 is 1.33 bits per heavy atom. The monoisotopic (exact) mass is 287 g/mol. The van der Waals surface area contributed by atoms with E-state index < -0.39 is 5.97 Å². The predicted octanol–water partition coefficient (Wildman–Crippen LogP) is 2.56. The van der Waals surface area contributed by atoms with Crippen LogP contribution in [0.4, 0.5) is 10.5 Å². The quantitative estimate of drug-likeness (QED) is 0.885. The second-order valence-electron chi connectivity index (χ2n) is 4.76. The van der Waals surface area contributed by atoms with Gasteiger partial charge in [-0.2, -0.15) is 0 Å². The first-order valence-corrected chi connectivity index (χ1v) is 6.65. The molecule has 1 aromatic heterocycles. The molecule has 0 atom stereocenters.